The number of carbonyl (C=O) groups excluding carboxylic acids is 1. The predicted molar refractivity (Wildman–Crippen MR) is 119 cm³/mol. The summed E-state index contributed by atoms with van der Waals surface area (Å²) in [5, 5.41) is 0. The van der Waals surface area contributed by atoms with E-state index in [2.05, 4.69) is 11.0 Å². The lowest BCUT2D eigenvalue weighted by Gasteiger charge is -2.34. The summed E-state index contributed by atoms with van der Waals surface area (Å²) < 4.78 is 5.62. The number of halogens is 2. The van der Waals surface area contributed by atoms with Crippen molar-refractivity contribution in [2.75, 3.05) is 33.7 Å². The lowest BCUT2D eigenvalue weighted by Crippen LogP contribution is -2.36. The molecule has 2 aliphatic rings. The highest BCUT2D eigenvalue weighted by Crippen LogP contribution is 2.44. The summed E-state index contributed by atoms with van der Waals surface area (Å²) in [4.78, 5) is 16.1. The van der Waals surface area contributed by atoms with Gasteiger partial charge in [-0.05, 0) is 68.9 Å². The molecule has 0 saturated carbocycles. The van der Waals surface area contributed by atoms with Crippen molar-refractivity contribution in [2.24, 2.45) is 5.73 Å². The van der Waals surface area contributed by atoms with E-state index in [0.29, 0.717) is 12.0 Å². The quantitative estimate of drug-likeness (QED) is 0.656. The van der Waals surface area contributed by atoms with Gasteiger partial charge in [0.05, 0.1) is 0 Å². The Morgan fingerprint density at radius 2 is 1.93 bits per heavy atom. The van der Waals surface area contributed by atoms with Crippen molar-refractivity contribution in [1.82, 2.24) is 9.80 Å². The minimum absolute atomic E-state index is 0. The van der Waals surface area contributed by atoms with Crippen LogP contribution in [0.3, 0.4) is 0 Å². The fourth-order valence-corrected chi connectivity index (χ4v) is 4.53. The van der Waals surface area contributed by atoms with Crippen LogP contribution in [-0.2, 0) is 6.42 Å². The number of ether oxygens (including phenoxy) is 1. The third-order valence-corrected chi connectivity index (χ3v) is 5.88. The second-order valence-electron chi connectivity index (χ2n) is 7.83. The van der Waals surface area contributed by atoms with Crippen molar-refractivity contribution in [3.63, 3.8) is 0 Å². The van der Waals surface area contributed by atoms with Gasteiger partial charge in [-0.25, -0.2) is 4.79 Å². The number of nitrogens with two attached hydrogens (primary N) is 1. The number of rotatable bonds is 7. The van der Waals surface area contributed by atoms with Gasteiger partial charge < -0.3 is 15.4 Å². The topological polar surface area (TPSA) is 58.8 Å². The Morgan fingerprint density at radius 3 is 2.64 bits per heavy atom. The second-order valence-corrected chi connectivity index (χ2v) is 7.83. The first-order valence-corrected chi connectivity index (χ1v) is 10.1. The van der Waals surface area contributed by atoms with Crippen molar-refractivity contribution in [3.8, 4) is 5.75 Å². The van der Waals surface area contributed by atoms with Crippen LogP contribution in [-0.4, -0.2) is 55.7 Å². The van der Waals surface area contributed by atoms with Crippen LogP contribution >= 0.6 is 24.8 Å². The monoisotopic (exact) mass is 431 g/mol. The van der Waals surface area contributed by atoms with Gasteiger partial charge in [0.15, 0.2) is 0 Å². The molecule has 1 amide bonds. The van der Waals surface area contributed by atoms with Gasteiger partial charge in [0.25, 0.3) is 0 Å². The van der Waals surface area contributed by atoms with Crippen molar-refractivity contribution in [3.05, 3.63) is 29.3 Å². The van der Waals surface area contributed by atoms with Gasteiger partial charge >= 0.3 is 6.09 Å². The smallest absolute Gasteiger partial charge is 0.410 e. The highest BCUT2D eigenvalue weighted by Gasteiger charge is 2.39. The molecule has 1 aliphatic carbocycles. The Kier molecular flexibility index (Phi) is 10.6. The Balaban J connectivity index is 0.00000196. The lowest BCUT2D eigenvalue weighted by atomic mass is 9.79. The van der Waals surface area contributed by atoms with Crippen molar-refractivity contribution >= 4 is 30.9 Å². The van der Waals surface area contributed by atoms with Crippen LogP contribution in [0, 0.1) is 0 Å². The van der Waals surface area contributed by atoms with Crippen LogP contribution in [0.2, 0.25) is 0 Å². The lowest BCUT2D eigenvalue weighted by molar-refractivity contribution is 0.170. The van der Waals surface area contributed by atoms with Crippen LogP contribution < -0.4 is 10.5 Å². The molecule has 0 bridgehead atoms. The molecule has 2 atom stereocenters. The number of likely N-dealkylation sites (tertiary alicyclic amines) is 1. The number of nitrogens with zero attached hydrogens (tertiary/aromatic N) is 2. The standard InChI is InChI=1S/C21H33N3O2.2ClH/c1-23(2)21(25)26-20-9-7-8-16-17-12-15-24(14-6-4-3-5-13-22)19(17)11-10-18(16)20;;/h7-9,17,19H,3-6,10-15,22H2,1-2H3;2*1H/t17-,19+;;/m0../s1. The summed E-state index contributed by atoms with van der Waals surface area (Å²) in [6, 6.07) is 6.86. The van der Waals surface area contributed by atoms with Crippen molar-refractivity contribution in [1.29, 1.82) is 0 Å². The van der Waals surface area contributed by atoms with Crippen molar-refractivity contribution in [2.45, 2.75) is 56.9 Å². The van der Waals surface area contributed by atoms with Crippen LogP contribution in [0.4, 0.5) is 4.79 Å². The molecular weight excluding hydrogens is 397 g/mol. The maximum atomic E-state index is 12.0. The largest absolute Gasteiger partial charge is 0.414 e. The molecule has 1 aliphatic heterocycles. The first-order chi connectivity index (χ1) is 12.6. The van der Waals surface area contributed by atoms with E-state index in [1.54, 1.807) is 14.1 Å². The number of fused-ring (bicyclic) bond motifs is 3. The van der Waals surface area contributed by atoms with Gasteiger partial charge in [0.2, 0.25) is 0 Å². The van der Waals surface area contributed by atoms with E-state index < -0.39 is 0 Å². The summed E-state index contributed by atoms with van der Waals surface area (Å²) in [5.74, 6) is 1.33. The number of benzene rings is 1. The second kappa shape index (κ2) is 11.9. The molecule has 1 aromatic carbocycles. The van der Waals surface area contributed by atoms with Gasteiger partial charge in [-0.15, -0.1) is 24.8 Å². The van der Waals surface area contributed by atoms with E-state index in [0.717, 1.165) is 31.6 Å². The van der Waals surface area contributed by atoms with Crippen LogP contribution in [0.15, 0.2) is 18.2 Å². The zero-order valence-corrected chi connectivity index (χ0v) is 18.7. The number of amides is 1. The van der Waals surface area contributed by atoms with Gasteiger partial charge in [-0.1, -0.05) is 25.0 Å². The van der Waals surface area contributed by atoms with Crippen molar-refractivity contribution < 1.29 is 9.53 Å². The molecule has 3 rings (SSSR count). The fourth-order valence-electron chi connectivity index (χ4n) is 4.53. The molecule has 160 valence electrons. The third kappa shape index (κ3) is 5.76. The zero-order chi connectivity index (χ0) is 18.5. The number of hydrogen-bond donors (Lipinski definition) is 1. The van der Waals surface area contributed by atoms with Crippen LogP contribution in [0.5, 0.6) is 5.75 Å². The highest BCUT2D eigenvalue weighted by atomic mass is 35.5. The Morgan fingerprint density at radius 1 is 1.18 bits per heavy atom. The van der Waals surface area contributed by atoms with E-state index in [1.807, 2.05) is 12.1 Å². The minimum Gasteiger partial charge on any atom is -0.410 e. The molecule has 1 heterocycles. The minimum atomic E-state index is -0.300. The molecule has 0 unspecified atom stereocenters. The molecule has 0 radical (unpaired) electrons. The molecule has 0 spiro atoms. The van der Waals surface area contributed by atoms with Gasteiger partial charge in [-0.3, -0.25) is 4.90 Å². The van der Waals surface area contributed by atoms with Crippen LogP contribution in [0.1, 0.15) is 55.6 Å². The van der Waals surface area contributed by atoms with E-state index in [-0.39, 0.29) is 30.9 Å². The molecule has 1 saturated heterocycles. The van der Waals surface area contributed by atoms with E-state index in [4.69, 9.17) is 10.5 Å². The summed E-state index contributed by atoms with van der Waals surface area (Å²) in [5.41, 5.74) is 8.22. The number of unbranched alkanes of at least 4 members (excludes halogenated alkanes) is 3. The summed E-state index contributed by atoms with van der Waals surface area (Å²) in [6.07, 6.45) is 8.03. The highest BCUT2D eigenvalue weighted by molar-refractivity contribution is 5.85. The fraction of sp³-hybridized carbons (Fsp3) is 0.667. The Bertz CT molecular complexity index is 628. The van der Waals surface area contributed by atoms with E-state index in [1.165, 1.54) is 54.8 Å². The number of hydrogen-bond acceptors (Lipinski definition) is 4. The van der Waals surface area contributed by atoms with Gasteiger partial charge in [0.1, 0.15) is 5.75 Å². The SMILES string of the molecule is CN(C)C(=O)Oc1cccc2c1CC[C@@H]1[C@H]2CCN1CCCCCCN.Cl.Cl. The van der Waals surface area contributed by atoms with Gasteiger partial charge in [-0.2, -0.15) is 0 Å². The maximum Gasteiger partial charge on any atom is 0.414 e. The number of carbonyl (C=O) groups is 1. The normalized spacial score (nSPS) is 20.4. The zero-order valence-electron chi connectivity index (χ0n) is 17.1. The average Bonchev–Trinajstić information content (AvgIpc) is 3.05. The van der Waals surface area contributed by atoms with Gasteiger partial charge in [0, 0.05) is 26.1 Å². The first-order valence-electron chi connectivity index (χ1n) is 10.1. The van der Waals surface area contributed by atoms with Crippen LogP contribution in [0.25, 0.3) is 0 Å². The molecule has 0 aromatic heterocycles. The predicted octanol–water partition coefficient (Wildman–Crippen LogP) is 4.21. The summed E-state index contributed by atoms with van der Waals surface area (Å²) >= 11 is 0. The molecule has 2 N–H and O–H groups in total. The Hall–Kier alpha value is -1.01. The summed E-state index contributed by atoms with van der Waals surface area (Å²) in [7, 11) is 3.44. The molecular formula is C21H35Cl2N3O2. The third-order valence-electron chi connectivity index (χ3n) is 5.88. The summed E-state index contributed by atoms with van der Waals surface area (Å²) in [6.45, 7) is 3.20. The van der Waals surface area contributed by atoms with E-state index in [9.17, 15) is 4.79 Å². The van der Waals surface area contributed by atoms with E-state index >= 15 is 0 Å². The maximum absolute atomic E-state index is 12.0. The molecule has 1 fully saturated rings. The average molecular weight is 432 g/mol. The molecule has 7 heteroatoms. The molecule has 5 nitrogen and oxygen atoms in total. The molecule has 1 aromatic rings. The Labute approximate surface area is 181 Å². The first kappa shape index (κ1) is 25.0. The molecule has 28 heavy (non-hydrogen) atoms.